The minimum atomic E-state index is -1.04. The standard InChI is InChI=1S/C20H19N3O5/c1-11(23-19(26)14-6-4-5-7-15(14)20(23)27)18(25)22-16-10-13(21-12(2)24)8-9-17(16)28-3/h4-11H,1-3H3,(H,21,24)(H,22,25)/t11-/m1/s1. The summed E-state index contributed by atoms with van der Waals surface area (Å²) < 4.78 is 5.23. The van der Waals surface area contributed by atoms with Crippen molar-refractivity contribution in [3.63, 3.8) is 0 Å². The lowest BCUT2D eigenvalue weighted by Crippen LogP contribution is -2.45. The minimum Gasteiger partial charge on any atom is -0.495 e. The number of benzene rings is 2. The van der Waals surface area contributed by atoms with Crippen LogP contribution < -0.4 is 15.4 Å². The number of methoxy groups -OCH3 is 1. The van der Waals surface area contributed by atoms with Crippen LogP contribution in [0.4, 0.5) is 11.4 Å². The van der Waals surface area contributed by atoms with Crippen molar-refractivity contribution in [2.45, 2.75) is 19.9 Å². The first-order valence-corrected chi connectivity index (χ1v) is 8.57. The summed E-state index contributed by atoms with van der Waals surface area (Å²) in [6, 6.07) is 10.2. The van der Waals surface area contributed by atoms with Crippen LogP contribution in [0, 0.1) is 0 Å². The molecule has 0 radical (unpaired) electrons. The summed E-state index contributed by atoms with van der Waals surface area (Å²) in [4.78, 5) is 50.0. The third-order valence-electron chi connectivity index (χ3n) is 4.37. The molecule has 0 fully saturated rings. The van der Waals surface area contributed by atoms with Crippen molar-refractivity contribution in [1.29, 1.82) is 0 Å². The molecule has 0 saturated carbocycles. The molecule has 0 bridgehead atoms. The number of nitrogens with zero attached hydrogens (tertiary/aromatic N) is 1. The summed E-state index contributed by atoms with van der Waals surface area (Å²) in [5, 5.41) is 5.27. The number of carbonyl (C=O) groups is 4. The summed E-state index contributed by atoms with van der Waals surface area (Å²) in [5.74, 6) is -1.48. The van der Waals surface area contributed by atoms with Crippen molar-refractivity contribution in [1.82, 2.24) is 4.90 Å². The van der Waals surface area contributed by atoms with Gasteiger partial charge in [-0.2, -0.15) is 0 Å². The summed E-state index contributed by atoms with van der Waals surface area (Å²) in [7, 11) is 1.44. The Morgan fingerprint density at radius 2 is 1.61 bits per heavy atom. The van der Waals surface area contributed by atoms with Crippen molar-refractivity contribution in [2.24, 2.45) is 0 Å². The van der Waals surface area contributed by atoms with Crippen molar-refractivity contribution in [2.75, 3.05) is 17.7 Å². The lowest BCUT2D eigenvalue weighted by atomic mass is 10.1. The minimum absolute atomic E-state index is 0.262. The molecule has 144 valence electrons. The van der Waals surface area contributed by atoms with Crippen LogP contribution in [0.25, 0.3) is 0 Å². The van der Waals surface area contributed by atoms with Crippen LogP contribution >= 0.6 is 0 Å². The average Bonchev–Trinajstić information content (AvgIpc) is 2.92. The highest BCUT2D eigenvalue weighted by Crippen LogP contribution is 2.29. The van der Waals surface area contributed by atoms with Crippen LogP contribution in [0.2, 0.25) is 0 Å². The Labute approximate surface area is 161 Å². The van der Waals surface area contributed by atoms with Gasteiger partial charge in [0.2, 0.25) is 11.8 Å². The number of amides is 4. The molecule has 2 aromatic carbocycles. The molecular formula is C20H19N3O5. The van der Waals surface area contributed by atoms with Crippen molar-refractivity contribution in [3.8, 4) is 5.75 Å². The highest BCUT2D eigenvalue weighted by Gasteiger charge is 2.40. The number of carbonyl (C=O) groups excluding carboxylic acids is 4. The third kappa shape index (κ3) is 3.44. The Bertz CT molecular complexity index is 951. The van der Waals surface area contributed by atoms with Crippen molar-refractivity contribution < 1.29 is 23.9 Å². The molecule has 8 nitrogen and oxygen atoms in total. The van der Waals surface area contributed by atoms with Crippen LogP contribution in [0.3, 0.4) is 0 Å². The van der Waals surface area contributed by atoms with Gasteiger partial charge in [-0.3, -0.25) is 24.1 Å². The van der Waals surface area contributed by atoms with E-state index in [2.05, 4.69) is 10.6 Å². The normalized spacial score (nSPS) is 13.8. The van der Waals surface area contributed by atoms with Gasteiger partial charge < -0.3 is 15.4 Å². The predicted molar refractivity (Wildman–Crippen MR) is 102 cm³/mol. The molecule has 3 rings (SSSR count). The quantitative estimate of drug-likeness (QED) is 0.773. The molecule has 1 aliphatic heterocycles. The van der Waals surface area contributed by atoms with E-state index in [-0.39, 0.29) is 17.0 Å². The first-order valence-electron chi connectivity index (χ1n) is 8.57. The fourth-order valence-corrected chi connectivity index (χ4v) is 3.00. The summed E-state index contributed by atoms with van der Waals surface area (Å²) in [5.41, 5.74) is 1.33. The molecule has 1 heterocycles. The van der Waals surface area contributed by atoms with E-state index in [1.54, 1.807) is 36.4 Å². The monoisotopic (exact) mass is 381 g/mol. The van der Waals surface area contributed by atoms with Gasteiger partial charge in [-0.25, -0.2) is 0 Å². The van der Waals surface area contributed by atoms with E-state index < -0.39 is 23.8 Å². The zero-order valence-electron chi connectivity index (χ0n) is 15.6. The Hall–Kier alpha value is -3.68. The second-order valence-corrected chi connectivity index (χ2v) is 6.29. The second-order valence-electron chi connectivity index (χ2n) is 6.29. The van der Waals surface area contributed by atoms with Gasteiger partial charge in [-0.05, 0) is 37.3 Å². The van der Waals surface area contributed by atoms with E-state index in [4.69, 9.17) is 4.74 Å². The van der Waals surface area contributed by atoms with E-state index in [9.17, 15) is 19.2 Å². The molecular weight excluding hydrogens is 362 g/mol. The number of imide groups is 1. The van der Waals surface area contributed by atoms with Crippen LogP contribution in [0.15, 0.2) is 42.5 Å². The number of ether oxygens (including phenoxy) is 1. The van der Waals surface area contributed by atoms with Crippen molar-refractivity contribution >= 4 is 35.0 Å². The van der Waals surface area contributed by atoms with Crippen molar-refractivity contribution in [3.05, 3.63) is 53.6 Å². The van der Waals surface area contributed by atoms with Crippen LogP contribution in [-0.4, -0.2) is 41.7 Å². The van der Waals surface area contributed by atoms with Gasteiger partial charge in [0, 0.05) is 12.6 Å². The Morgan fingerprint density at radius 3 is 2.14 bits per heavy atom. The van der Waals surface area contributed by atoms with Crippen LogP contribution in [0.5, 0.6) is 5.75 Å². The topological polar surface area (TPSA) is 105 Å². The first kappa shape index (κ1) is 19.1. The molecule has 0 unspecified atom stereocenters. The fourth-order valence-electron chi connectivity index (χ4n) is 3.00. The number of hydrogen-bond donors (Lipinski definition) is 2. The molecule has 8 heteroatoms. The fraction of sp³-hybridized carbons (Fsp3) is 0.200. The van der Waals surface area contributed by atoms with Gasteiger partial charge in [-0.15, -0.1) is 0 Å². The van der Waals surface area contributed by atoms with Gasteiger partial charge in [0.1, 0.15) is 11.8 Å². The van der Waals surface area contributed by atoms with Gasteiger partial charge in [0.15, 0.2) is 0 Å². The molecule has 1 atom stereocenters. The summed E-state index contributed by atoms with van der Waals surface area (Å²) >= 11 is 0. The second kappa shape index (κ2) is 7.51. The maximum Gasteiger partial charge on any atom is 0.262 e. The van der Waals surface area contributed by atoms with E-state index in [1.807, 2.05) is 0 Å². The molecule has 28 heavy (non-hydrogen) atoms. The van der Waals surface area contributed by atoms with E-state index >= 15 is 0 Å². The largest absolute Gasteiger partial charge is 0.495 e. The number of rotatable bonds is 5. The summed E-state index contributed by atoms with van der Waals surface area (Å²) in [6.45, 7) is 2.84. The van der Waals surface area contributed by atoms with Crippen LogP contribution in [-0.2, 0) is 9.59 Å². The SMILES string of the molecule is COc1ccc(NC(C)=O)cc1NC(=O)[C@@H](C)N1C(=O)c2ccccc2C1=O. The average molecular weight is 381 g/mol. The lowest BCUT2D eigenvalue weighted by Gasteiger charge is -2.22. The number of hydrogen-bond acceptors (Lipinski definition) is 5. The first-order chi connectivity index (χ1) is 13.3. The maximum atomic E-state index is 12.7. The summed E-state index contributed by atoms with van der Waals surface area (Å²) in [6.07, 6.45) is 0. The van der Waals surface area contributed by atoms with Gasteiger partial charge in [0.25, 0.3) is 11.8 Å². The molecule has 1 aliphatic rings. The van der Waals surface area contributed by atoms with E-state index in [1.165, 1.54) is 27.0 Å². The Morgan fingerprint density at radius 1 is 1.00 bits per heavy atom. The van der Waals surface area contributed by atoms with Gasteiger partial charge in [0.05, 0.1) is 23.9 Å². The predicted octanol–water partition coefficient (Wildman–Crippen LogP) is 2.28. The lowest BCUT2D eigenvalue weighted by molar-refractivity contribution is -0.119. The van der Waals surface area contributed by atoms with E-state index in [0.29, 0.717) is 17.1 Å². The van der Waals surface area contributed by atoms with Crippen LogP contribution in [0.1, 0.15) is 34.6 Å². The Kier molecular flexibility index (Phi) is 5.12. The molecule has 0 aliphatic carbocycles. The highest BCUT2D eigenvalue weighted by atomic mass is 16.5. The van der Waals surface area contributed by atoms with Gasteiger partial charge in [-0.1, -0.05) is 12.1 Å². The molecule has 0 saturated heterocycles. The number of fused-ring (bicyclic) bond motifs is 1. The molecule has 2 N–H and O–H groups in total. The maximum absolute atomic E-state index is 12.7. The molecule has 4 amide bonds. The highest BCUT2D eigenvalue weighted by molar-refractivity contribution is 6.23. The zero-order valence-corrected chi connectivity index (χ0v) is 15.6. The Balaban J connectivity index is 1.83. The zero-order chi connectivity index (χ0) is 20.4. The third-order valence-corrected chi connectivity index (χ3v) is 4.37. The smallest absolute Gasteiger partial charge is 0.262 e. The van der Waals surface area contributed by atoms with E-state index in [0.717, 1.165) is 4.90 Å². The number of anilines is 2. The molecule has 0 aromatic heterocycles. The number of nitrogens with one attached hydrogen (secondary N) is 2. The molecule has 0 spiro atoms. The van der Waals surface area contributed by atoms with Gasteiger partial charge >= 0.3 is 0 Å². The molecule has 2 aromatic rings.